The molecule has 1 rings (SSSR count). The second-order valence-electron chi connectivity index (χ2n) is 10.9. The van der Waals surface area contributed by atoms with Crippen molar-refractivity contribution in [3.63, 3.8) is 0 Å². The van der Waals surface area contributed by atoms with Gasteiger partial charge >= 0.3 is 5.97 Å². The van der Waals surface area contributed by atoms with Crippen molar-refractivity contribution >= 4 is 17.8 Å². The Morgan fingerprint density at radius 3 is 2.24 bits per heavy atom. The Hall–Kier alpha value is -2.01. The molecule has 37 heavy (non-hydrogen) atoms. The highest BCUT2D eigenvalue weighted by Gasteiger charge is 2.36. The van der Waals surface area contributed by atoms with Crippen LogP contribution in [0.4, 0.5) is 0 Å². The highest BCUT2D eigenvalue weighted by Crippen LogP contribution is 2.24. The van der Waals surface area contributed by atoms with Gasteiger partial charge in [0, 0.05) is 7.11 Å². The van der Waals surface area contributed by atoms with Gasteiger partial charge in [-0.05, 0) is 24.7 Å². The van der Waals surface area contributed by atoms with Gasteiger partial charge < -0.3 is 35.4 Å². The quantitative estimate of drug-likeness (QED) is 0.122. The Morgan fingerprint density at radius 2 is 1.68 bits per heavy atom. The van der Waals surface area contributed by atoms with E-state index in [4.69, 9.17) is 9.47 Å². The van der Waals surface area contributed by atoms with E-state index in [2.05, 4.69) is 10.6 Å². The van der Waals surface area contributed by atoms with E-state index in [1.54, 1.807) is 6.08 Å². The molecule has 0 heterocycles. The molecule has 10 heteroatoms. The molecule has 0 radical (unpaired) electrons. The molecule has 2 amide bonds. The van der Waals surface area contributed by atoms with Gasteiger partial charge in [0.15, 0.2) is 6.10 Å². The number of methoxy groups -OCH3 is 1. The molecule has 0 saturated heterocycles. The zero-order chi connectivity index (χ0) is 28.0. The molecule has 0 aromatic carbocycles. The average molecular weight is 529 g/mol. The maximum absolute atomic E-state index is 12.9. The van der Waals surface area contributed by atoms with Crippen LogP contribution in [0, 0.1) is 11.3 Å². The highest BCUT2D eigenvalue weighted by atomic mass is 16.5. The number of aliphatic hydroxyl groups excluding tert-OH is 3. The monoisotopic (exact) mass is 528 g/mol. The van der Waals surface area contributed by atoms with Crippen LogP contribution in [0.25, 0.3) is 0 Å². The number of hydrogen-bond donors (Lipinski definition) is 5. The number of ether oxygens (including phenoxy) is 2. The molecule has 1 aliphatic rings. The number of unbranched alkanes of at least 4 members (excludes halogenated alkanes) is 1. The van der Waals surface area contributed by atoms with Crippen LogP contribution in [0.1, 0.15) is 79.1 Å². The predicted octanol–water partition coefficient (Wildman–Crippen LogP) is 1.60. The van der Waals surface area contributed by atoms with Crippen molar-refractivity contribution in [3.05, 3.63) is 12.2 Å². The summed E-state index contributed by atoms with van der Waals surface area (Å²) < 4.78 is 10.4. The molecule has 0 aliphatic heterocycles. The van der Waals surface area contributed by atoms with Crippen LogP contribution in [0.2, 0.25) is 0 Å². The van der Waals surface area contributed by atoms with Gasteiger partial charge in [-0.2, -0.15) is 0 Å². The van der Waals surface area contributed by atoms with Crippen molar-refractivity contribution < 1.29 is 39.2 Å². The molecular weight excluding hydrogens is 480 g/mol. The Morgan fingerprint density at radius 1 is 1.03 bits per heavy atom. The number of carbonyl (C=O) groups is 3. The first-order chi connectivity index (χ1) is 17.4. The van der Waals surface area contributed by atoms with Gasteiger partial charge in [-0.3, -0.25) is 14.4 Å². The minimum absolute atomic E-state index is 0.0428. The molecule has 10 nitrogen and oxygen atoms in total. The third-order valence-corrected chi connectivity index (χ3v) is 6.38. The van der Waals surface area contributed by atoms with Gasteiger partial charge in [0.05, 0.1) is 12.5 Å². The van der Waals surface area contributed by atoms with E-state index in [1.807, 2.05) is 27.7 Å². The largest absolute Gasteiger partial charge is 0.464 e. The number of rotatable bonds is 15. The normalized spacial score (nSPS) is 19.0. The lowest BCUT2D eigenvalue weighted by molar-refractivity contribution is -0.151. The number of amides is 2. The number of aliphatic hydroxyl groups is 3. The molecular formula is C27H48N2O8. The maximum Gasteiger partial charge on any atom is 0.308 e. The van der Waals surface area contributed by atoms with Gasteiger partial charge in [0.2, 0.25) is 5.91 Å². The smallest absolute Gasteiger partial charge is 0.308 e. The first-order valence-electron chi connectivity index (χ1n) is 13.4. The lowest BCUT2D eigenvalue weighted by atomic mass is 9.89. The van der Waals surface area contributed by atoms with Gasteiger partial charge in [-0.1, -0.05) is 72.0 Å². The molecule has 5 atom stereocenters. The van der Waals surface area contributed by atoms with Crippen molar-refractivity contribution in [1.82, 2.24) is 10.6 Å². The van der Waals surface area contributed by atoms with Crippen LogP contribution < -0.4 is 10.6 Å². The van der Waals surface area contributed by atoms with Crippen molar-refractivity contribution in [2.24, 2.45) is 11.3 Å². The maximum atomic E-state index is 12.9. The van der Waals surface area contributed by atoms with Gasteiger partial charge in [-0.15, -0.1) is 0 Å². The number of esters is 1. The van der Waals surface area contributed by atoms with Crippen molar-refractivity contribution in [2.45, 2.75) is 110 Å². The second kappa shape index (κ2) is 16.8. The number of carbonyl (C=O) groups excluding carboxylic acids is 3. The summed E-state index contributed by atoms with van der Waals surface area (Å²) in [6, 6.07) is -0.908. The molecule has 0 unspecified atom stereocenters. The van der Waals surface area contributed by atoms with Gasteiger partial charge in [0.1, 0.15) is 31.0 Å². The van der Waals surface area contributed by atoms with E-state index in [0.29, 0.717) is 12.8 Å². The van der Waals surface area contributed by atoms with Crippen molar-refractivity contribution in [1.29, 1.82) is 0 Å². The molecule has 0 aromatic rings. The predicted molar refractivity (Wildman–Crippen MR) is 139 cm³/mol. The van der Waals surface area contributed by atoms with Gasteiger partial charge in [-0.25, -0.2) is 0 Å². The summed E-state index contributed by atoms with van der Waals surface area (Å²) in [5, 5.41) is 36.4. The van der Waals surface area contributed by atoms with Crippen molar-refractivity contribution in [2.75, 3.05) is 20.3 Å². The summed E-state index contributed by atoms with van der Waals surface area (Å²) in [6.07, 6.45) is 3.35. The first kappa shape index (κ1) is 33.0. The highest BCUT2D eigenvalue weighted by molar-refractivity contribution is 5.89. The molecule has 0 aromatic heterocycles. The molecule has 1 saturated carbocycles. The topological polar surface area (TPSA) is 154 Å². The molecule has 1 fully saturated rings. The second-order valence-corrected chi connectivity index (χ2v) is 10.9. The average Bonchev–Trinajstić information content (AvgIpc) is 2.87. The minimum atomic E-state index is -1.74. The Kier molecular flexibility index (Phi) is 15.0. The fraction of sp³-hybridized carbons (Fsp3) is 0.815. The van der Waals surface area contributed by atoms with Crippen molar-refractivity contribution in [3.8, 4) is 0 Å². The Balaban J connectivity index is 2.67. The fourth-order valence-electron chi connectivity index (χ4n) is 4.12. The fourth-order valence-corrected chi connectivity index (χ4v) is 4.12. The SMILES string of the molecule is CCCC[C@H](NC(=O)[C@H](OC)[C@H](O)[C@@H](O)[C@H](O)/C=C/C(C)(C)C)C(=O)NCCOC(=O)C1CCCCC1. The third-order valence-electron chi connectivity index (χ3n) is 6.38. The van der Waals surface area contributed by atoms with E-state index < -0.39 is 42.3 Å². The zero-order valence-electron chi connectivity index (χ0n) is 23.1. The zero-order valence-corrected chi connectivity index (χ0v) is 23.1. The van der Waals surface area contributed by atoms with Crippen LogP contribution in [-0.4, -0.2) is 83.8 Å². The van der Waals surface area contributed by atoms with Crippen LogP contribution in [0.3, 0.4) is 0 Å². The molecule has 0 bridgehead atoms. The van der Waals surface area contributed by atoms with E-state index in [1.165, 1.54) is 13.2 Å². The Labute approximate surface area is 221 Å². The molecule has 5 N–H and O–H groups in total. The lowest BCUT2D eigenvalue weighted by Crippen LogP contribution is -2.56. The van der Waals surface area contributed by atoms with Gasteiger partial charge in [0.25, 0.3) is 5.91 Å². The van der Waals surface area contributed by atoms with Crippen LogP contribution in [0.5, 0.6) is 0 Å². The number of nitrogens with one attached hydrogen (secondary N) is 2. The summed E-state index contributed by atoms with van der Waals surface area (Å²) >= 11 is 0. The van der Waals surface area contributed by atoms with E-state index in [0.717, 1.165) is 38.5 Å². The summed E-state index contributed by atoms with van der Waals surface area (Å²) in [7, 11) is 1.19. The molecule has 1 aliphatic carbocycles. The third kappa shape index (κ3) is 12.4. The lowest BCUT2D eigenvalue weighted by Gasteiger charge is -2.28. The van der Waals surface area contributed by atoms with Crippen LogP contribution in [-0.2, 0) is 23.9 Å². The van der Waals surface area contributed by atoms with E-state index in [9.17, 15) is 29.7 Å². The Bertz CT molecular complexity index is 730. The van der Waals surface area contributed by atoms with E-state index >= 15 is 0 Å². The summed E-state index contributed by atoms with van der Waals surface area (Å²) in [4.78, 5) is 37.8. The van der Waals surface area contributed by atoms with Crippen LogP contribution >= 0.6 is 0 Å². The standard InChI is InChI=1S/C27H48N2O8/c1-6-7-13-19(24(33)28-16-17-37-26(35)18-11-9-8-10-12-18)29-25(34)23(36-5)22(32)21(31)20(30)14-15-27(2,3)4/h14-15,18-23,30-32H,6-13,16-17H2,1-5H3,(H,28,33)(H,29,34)/b15-14+/t19-,20+,21-,22+,23+/m0/s1. The van der Waals surface area contributed by atoms with E-state index in [-0.39, 0.29) is 30.5 Å². The first-order valence-corrected chi connectivity index (χ1v) is 13.4. The summed E-state index contributed by atoms with van der Waals surface area (Å²) in [5.41, 5.74) is -0.252. The number of allylic oxidation sites excluding steroid dienone is 1. The molecule has 0 spiro atoms. The number of hydrogen-bond acceptors (Lipinski definition) is 8. The molecule has 214 valence electrons. The summed E-state index contributed by atoms with van der Waals surface area (Å²) in [5.74, 6) is -1.55. The minimum Gasteiger partial charge on any atom is -0.464 e. The summed E-state index contributed by atoms with van der Waals surface area (Å²) in [6.45, 7) is 7.83. The van der Waals surface area contributed by atoms with Crippen LogP contribution in [0.15, 0.2) is 12.2 Å².